The first-order chi connectivity index (χ1) is 31.3. The minimum absolute atomic E-state index is 0.873. The number of aromatic nitrogens is 1. The summed E-state index contributed by atoms with van der Waals surface area (Å²) in [4.78, 5) is 2.46. The van der Waals surface area contributed by atoms with Crippen molar-refractivity contribution in [3.63, 3.8) is 0 Å². The van der Waals surface area contributed by atoms with Gasteiger partial charge in [-0.25, -0.2) is 0 Å². The molecule has 0 bridgehead atoms. The fraction of sp³-hybridized carbons (Fsp3) is 0. The van der Waals surface area contributed by atoms with Gasteiger partial charge in [0.15, 0.2) is 0 Å². The lowest BCUT2D eigenvalue weighted by Gasteiger charge is -2.31. The van der Waals surface area contributed by atoms with E-state index in [4.69, 9.17) is 4.42 Å². The maximum Gasteiger partial charge on any atom is 0.143 e. The summed E-state index contributed by atoms with van der Waals surface area (Å²) in [5.41, 5.74) is 17.4. The number of hydrogen-bond donors (Lipinski definition) is 0. The van der Waals surface area contributed by atoms with Crippen molar-refractivity contribution in [1.29, 1.82) is 0 Å². The molecule has 0 saturated carbocycles. The van der Waals surface area contributed by atoms with Crippen LogP contribution < -0.4 is 4.90 Å². The van der Waals surface area contributed by atoms with E-state index < -0.39 is 0 Å². The van der Waals surface area contributed by atoms with Crippen molar-refractivity contribution < 1.29 is 4.42 Å². The monoisotopic (exact) mass is 804 g/mol. The Labute approximate surface area is 366 Å². The number of benzene rings is 10. The topological polar surface area (TPSA) is 21.3 Å². The average molecular weight is 805 g/mol. The van der Waals surface area contributed by atoms with Crippen molar-refractivity contribution in [2.45, 2.75) is 0 Å². The number of rotatable bonds is 8. The third-order valence-corrected chi connectivity index (χ3v) is 12.4. The fourth-order valence-electron chi connectivity index (χ4n) is 9.54. The molecule has 296 valence electrons. The first-order valence-electron chi connectivity index (χ1n) is 21.5. The Morgan fingerprint density at radius 1 is 0.317 bits per heavy atom. The Hall–Kier alpha value is -8.40. The SMILES string of the molecule is c1ccc(-c2ccc(N(c3ccc4c5ccccc5n(-c5ccccc5-c5ccccc5)c4c3)c3c(-c4ccccc4)cccc3-c3cccc4c3oc3ccccc34)cc2)cc1. The molecule has 12 aromatic rings. The van der Waals surface area contributed by atoms with Crippen LogP contribution in [0.15, 0.2) is 247 Å². The highest BCUT2D eigenvalue weighted by Gasteiger charge is 2.26. The van der Waals surface area contributed by atoms with Crippen LogP contribution in [0.1, 0.15) is 0 Å². The molecule has 0 aliphatic heterocycles. The lowest BCUT2D eigenvalue weighted by Crippen LogP contribution is -2.13. The molecule has 0 spiro atoms. The summed E-state index contributed by atoms with van der Waals surface area (Å²) < 4.78 is 9.23. The van der Waals surface area contributed by atoms with Crippen molar-refractivity contribution >= 4 is 60.8 Å². The first kappa shape index (κ1) is 36.5. The molecular weight excluding hydrogens is 765 g/mol. The molecule has 12 rings (SSSR count). The normalized spacial score (nSPS) is 11.5. The Balaban J connectivity index is 1.17. The zero-order valence-electron chi connectivity index (χ0n) is 34.4. The Morgan fingerprint density at radius 2 is 0.841 bits per heavy atom. The summed E-state index contributed by atoms with van der Waals surface area (Å²) in [5, 5.41) is 4.61. The van der Waals surface area contributed by atoms with Gasteiger partial charge in [0, 0.05) is 55.2 Å². The summed E-state index contributed by atoms with van der Waals surface area (Å²) in [6.07, 6.45) is 0. The van der Waals surface area contributed by atoms with Gasteiger partial charge in [0.2, 0.25) is 0 Å². The molecule has 0 aliphatic carbocycles. The van der Waals surface area contributed by atoms with Gasteiger partial charge in [-0.3, -0.25) is 0 Å². The Kier molecular flexibility index (Phi) is 8.83. The summed E-state index contributed by atoms with van der Waals surface area (Å²) in [7, 11) is 0. The van der Waals surface area contributed by atoms with Crippen molar-refractivity contribution in [2.75, 3.05) is 4.90 Å². The number of fused-ring (bicyclic) bond motifs is 6. The van der Waals surface area contributed by atoms with Gasteiger partial charge in [-0.2, -0.15) is 0 Å². The number of nitrogens with zero attached hydrogens (tertiary/aromatic N) is 2. The third-order valence-electron chi connectivity index (χ3n) is 12.4. The minimum atomic E-state index is 0.873. The van der Waals surface area contributed by atoms with Crippen molar-refractivity contribution in [3.8, 4) is 50.2 Å². The molecule has 0 radical (unpaired) electrons. The maximum atomic E-state index is 6.78. The minimum Gasteiger partial charge on any atom is -0.455 e. The van der Waals surface area contributed by atoms with Gasteiger partial charge in [0.05, 0.1) is 22.4 Å². The highest BCUT2D eigenvalue weighted by atomic mass is 16.3. The van der Waals surface area contributed by atoms with Gasteiger partial charge < -0.3 is 13.9 Å². The van der Waals surface area contributed by atoms with E-state index >= 15 is 0 Å². The van der Waals surface area contributed by atoms with Gasteiger partial charge in [-0.05, 0) is 64.7 Å². The molecule has 3 heteroatoms. The molecule has 2 heterocycles. The third kappa shape index (κ3) is 6.21. The molecule has 0 amide bonds. The van der Waals surface area contributed by atoms with Crippen molar-refractivity contribution in [1.82, 2.24) is 4.57 Å². The van der Waals surface area contributed by atoms with Gasteiger partial charge in [0.25, 0.3) is 0 Å². The second-order valence-corrected chi connectivity index (χ2v) is 16.0. The molecule has 0 atom stereocenters. The summed E-state index contributed by atoms with van der Waals surface area (Å²) in [6, 6.07) is 87.2. The standard InChI is InChI=1S/C60H40N2O/c1-4-18-41(19-5-1)42-34-36-45(37-35-42)61(46-38-39-50-49-25-11-14-32-56(49)62(57(50)40-46)55-31-13-10-24-47(55)43-20-6-2-7-21-43)59-48(44-22-8-3-9-23-44)27-16-28-52(59)54-30-17-29-53-51-26-12-15-33-58(51)63-60(53)54/h1-40H. The van der Waals surface area contributed by atoms with Crippen LogP contribution in [0.3, 0.4) is 0 Å². The summed E-state index contributed by atoms with van der Waals surface area (Å²) in [5.74, 6) is 0. The number of anilines is 3. The summed E-state index contributed by atoms with van der Waals surface area (Å²) >= 11 is 0. The van der Waals surface area contributed by atoms with Crippen LogP contribution in [0.2, 0.25) is 0 Å². The molecule has 0 unspecified atom stereocenters. The van der Waals surface area contributed by atoms with Crippen LogP contribution in [0, 0.1) is 0 Å². The highest BCUT2D eigenvalue weighted by molar-refractivity contribution is 6.13. The van der Waals surface area contributed by atoms with E-state index in [9.17, 15) is 0 Å². The predicted molar refractivity (Wildman–Crippen MR) is 264 cm³/mol. The first-order valence-corrected chi connectivity index (χ1v) is 21.5. The fourth-order valence-corrected chi connectivity index (χ4v) is 9.54. The Morgan fingerprint density at radius 3 is 1.62 bits per heavy atom. The van der Waals surface area contributed by atoms with Crippen LogP contribution in [-0.4, -0.2) is 4.57 Å². The van der Waals surface area contributed by atoms with Gasteiger partial charge in [0.1, 0.15) is 11.2 Å². The van der Waals surface area contributed by atoms with Crippen LogP contribution >= 0.6 is 0 Å². The second-order valence-electron chi connectivity index (χ2n) is 16.0. The number of para-hydroxylation sites is 5. The zero-order valence-corrected chi connectivity index (χ0v) is 34.4. The predicted octanol–water partition coefficient (Wildman–Crippen LogP) is 16.8. The highest BCUT2D eigenvalue weighted by Crippen LogP contribution is 2.50. The van der Waals surface area contributed by atoms with Crippen molar-refractivity contribution in [3.05, 3.63) is 243 Å². The van der Waals surface area contributed by atoms with Gasteiger partial charge in [-0.1, -0.05) is 200 Å². The molecule has 0 aliphatic rings. The molecule has 3 nitrogen and oxygen atoms in total. The molecule has 0 N–H and O–H groups in total. The largest absolute Gasteiger partial charge is 0.455 e. The van der Waals surface area contributed by atoms with Crippen LogP contribution in [0.5, 0.6) is 0 Å². The van der Waals surface area contributed by atoms with E-state index in [1.807, 2.05) is 6.07 Å². The average Bonchev–Trinajstić information content (AvgIpc) is 3.91. The van der Waals surface area contributed by atoms with E-state index in [1.165, 1.54) is 27.5 Å². The van der Waals surface area contributed by atoms with Crippen LogP contribution in [0.4, 0.5) is 17.1 Å². The van der Waals surface area contributed by atoms with Crippen LogP contribution in [0.25, 0.3) is 93.9 Å². The van der Waals surface area contributed by atoms with E-state index in [0.29, 0.717) is 0 Å². The van der Waals surface area contributed by atoms with Gasteiger partial charge >= 0.3 is 0 Å². The lowest BCUT2D eigenvalue weighted by molar-refractivity contribution is 0.670. The Bertz CT molecular complexity index is 3600. The molecule has 63 heavy (non-hydrogen) atoms. The zero-order chi connectivity index (χ0) is 41.7. The maximum absolute atomic E-state index is 6.78. The number of hydrogen-bond acceptors (Lipinski definition) is 2. The van der Waals surface area contributed by atoms with Gasteiger partial charge in [-0.15, -0.1) is 0 Å². The van der Waals surface area contributed by atoms with Crippen molar-refractivity contribution in [2.24, 2.45) is 0 Å². The molecule has 2 aromatic heterocycles. The molecule has 0 fully saturated rings. The smallest absolute Gasteiger partial charge is 0.143 e. The quantitative estimate of drug-likeness (QED) is 0.153. The lowest BCUT2D eigenvalue weighted by atomic mass is 9.93. The van der Waals surface area contributed by atoms with E-state index in [1.54, 1.807) is 0 Å². The molecule has 10 aromatic carbocycles. The van der Waals surface area contributed by atoms with Crippen LogP contribution in [-0.2, 0) is 0 Å². The number of furan rings is 1. The molecular formula is C60H40N2O. The van der Waals surface area contributed by atoms with E-state index in [0.717, 1.165) is 83.5 Å². The summed E-state index contributed by atoms with van der Waals surface area (Å²) in [6.45, 7) is 0. The van der Waals surface area contributed by atoms with E-state index in [-0.39, 0.29) is 0 Å². The molecule has 0 saturated heterocycles. The van der Waals surface area contributed by atoms with E-state index in [2.05, 4.69) is 246 Å². The second kappa shape index (κ2) is 15.3.